The number of hydrogen-bond donors (Lipinski definition) is 0. The maximum absolute atomic E-state index is 14.4. The van der Waals surface area contributed by atoms with Gasteiger partial charge in [0.05, 0.1) is 52.1 Å². The molecule has 5 aliphatic rings. The fraction of sp³-hybridized carbons (Fsp3) is 0.800. The summed E-state index contributed by atoms with van der Waals surface area (Å²) in [5.74, 6) is -5.07. The van der Waals surface area contributed by atoms with Crippen LogP contribution >= 0.6 is 0 Å². The molecule has 0 heterocycles. The van der Waals surface area contributed by atoms with Gasteiger partial charge in [0.2, 0.25) is 0 Å². The number of carbonyl (C=O) groups is 5. The molecule has 10 atom stereocenters. The Balaban J connectivity index is 1.49. The fourth-order valence-electron chi connectivity index (χ4n) is 9.23. The molecular weight excluding hydrogens is 444 g/mol. The van der Waals surface area contributed by atoms with E-state index in [2.05, 4.69) is 0 Å². The van der Waals surface area contributed by atoms with Crippen molar-refractivity contribution in [2.75, 3.05) is 28.4 Å². The smallest absolute Gasteiger partial charge is 0.309 e. The van der Waals surface area contributed by atoms with E-state index in [-0.39, 0.29) is 29.5 Å². The molecule has 9 heteroatoms. The molecule has 5 aliphatic carbocycles. The predicted octanol–water partition coefficient (Wildman–Crippen LogP) is 1.56. The zero-order valence-electron chi connectivity index (χ0n) is 20.0. The maximum Gasteiger partial charge on any atom is 0.309 e. The Hall–Kier alpha value is -2.45. The third-order valence-corrected chi connectivity index (χ3v) is 10.3. The Kier molecular flexibility index (Phi) is 5.33. The van der Waals surface area contributed by atoms with E-state index in [1.807, 2.05) is 0 Å². The minimum atomic E-state index is -0.708. The monoisotopic (exact) mass is 476 g/mol. The van der Waals surface area contributed by atoms with Crippen molar-refractivity contribution < 1.29 is 42.9 Å². The van der Waals surface area contributed by atoms with Crippen molar-refractivity contribution in [3.63, 3.8) is 0 Å². The lowest BCUT2D eigenvalue weighted by molar-refractivity contribution is -0.168. The van der Waals surface area contributed by atoms with E-state index >= 15 is 0 Å². The van der Waals surface area contributed by atoms with Crippen LogP contribution in [0, 0.1) is 58.2 Å². The predicted molar refractivity (Wildman–Crippen MR) is 114 cm³/mol. The zero-order chi connectivity index (χ0) is 24.6. The number of rotatable bonds is 4. The molecule has 10 unspecified atom stereocenters. The van der Waals surface area contributed by atoms with Crippen LogP contribution in [0.4, 0.5) is 0 Å². The van der Waals surface area contributed by atoms with Gasteiger partial charge in [0, 0.05) is 10.8 Å². The summed E-state index contributed by atoms with van der Waals surface area (Å²) in [6, 6.07) is 0. The Morgan fingerprint density at radius 2 is 0.941 bits per heavy atom. The zero-order valence-corrected chi connectivity index (χ0v) is 20.0. The van der Waals surface area contributed by atoms with Crippen LogP contribution in [-0.4, -0.2) is 58.1 Å². The van der Waals surface area contributed by atoms with Gasteiger partial charge in [-0.3, -0.25) is 24.0 Å². The molecule has 0 radical (unpaired) electrons. The quantitative estimate of drug-likeness (QED) is 0.439. The first kappa shape index (κ1) is 23.3. The topological polar surface area (TPSA) is 122 Å². The molecule has 0 N–H and O–H groups in total. The second-order valence-electron chi connectivity index (χ2n) is 10.9. The molecule has 4 bridgehead atoms. The SMILES string of the molecule is COC(=O)C1C2CC(C1C(=O)OC)C1(CCC3(CC4CC3C(C(=O)OC)C4C(=O)OC)C1=O)C2. The van der Waals surface area contributed by atoms with Crippen molar-refractivity contribution in [1.82, 2.24) is 0 Å². The fourth-order valence-corrected chi connectivity index (χ4v) is 9.23. The summed E-state index contributed by atoms with van der Waals surface area (Å²) >= 11 is 0. The number of ether oxygens (including phenoxy) is 4. The number of ketones is 1. The van der Waals surface area contributed by atoms with Crippen LogP contribution in [0.5, 0.6) is 0 Å². The number of carbonyl (C=O) groups excluding carboxylic acids is 5. The molecule has 0 aliphatic heterocycles. The maximum atomic E-state index is 14.4. The number of Topliss-reactive ketones (excluding diaryl/α,β-unsaturated/α-hetero) is 1. The first-order valence-corrected chi connectivity index (χ1v) is 12.1. The van der Waals surface area contributed by atoms with E-state index in [4.69, 9.17) is 18.9 Å². The largest absolute Gasteiger partial charge is 0.469 e. The third-order valence-electron chi connectivity index (χ3n) is 10.3. The molecule has 5 rings (SSSR count). The average molecular weight is 477 g/mol. The van der Waals surface area contributed by atoms with Gasteiger partial charge in [-0.25, -0.2) is 0 Å². The number of esters is 4. The van der Waals surface area contributed by atoms with Crippen LogP contribution in [0.3, 0.4) is 0 Å². The van der Waals surface area contributed by atoms with E-state index < -0.39 is 58.4 Å². The third kappa shape index (κ3) is 2.69. The Morgan fingerprint density at radius 1 is 0.618 bits per heavy atom. The van der Waals surface area contributed by atoms with Crippen molar-refractivity contribution in [1.29, 1.82) is 0 Å². The molecule has 0 aromatic rings. The number of methoxy groups -OCH3 is 4. The van der Waals surface area contributed by atoms with Crippen LogP contribution in [0.1, 0.15) is 38.5 Å². The molecular formula is C25H32O9. The summed E-state index contributed by atoms with van der Waals surface area (Å²) < 4.78 is 20.1. The van der Waals surface area contributed by atoms with E-state index in [9.17, 15) is 24.0 Å². The minimum Gasteiger partial charge on any atom is -0.469 e. The summed E-state index contributed by atoms with van der Waals surface area (Å²) in [7, 11) is 5.23. The van der Waals surface area contributed by atoms with Gasteiger partial charge in [-0.2, -0.15) is 0 Å². The van der Waals surface area contributed by atoms with Crippen LogP contribution in [0.25, 0.3) is 0 Å². The minimum absolute atomic E-state index is 0.106. The lowest BCUT2D eigenvalue weighted by atomic mass is 9.58. The van der Waals surface area contributed by atoms with E-state index in [0.29, 0.717) is 38.5 Å². The molecule has 0 aromatic heterocycles. The molecule has 5 saturated carbocycles. The Morgan fingerprint density at radius 3 is 1.26 bits per heavy atom. The molecule has 2 spiro atoms. The Bertz CT molecular complexity index is 884. The van der Waals surface area contributed by atoms with Gasteiger partial charge in [0.1, 0.15) is 5.78 Å². The van der Waals surface area contributed by atoms with Gasteiger partial charge >= 0.3 is 23.9 Å². The lowest BCUT2D eigenvalue weighted by Gasteiger charge is -2.43. The number of fused-ring (bicyclic) bond motifs is 6. The molecule has 9 nitrogen and oxygen atoms in total. The highest BCUT2D eigenvalue weighted by Gasteiger charge is 2.76. The van der Waals surface area contributed by atoms with E-state index in [1.165, 1.54) is 28.4 Å². The summed E-state index contributed by atoms with van der Waals surface area (Å²) in [6.45, 7) is 0. The van der Waals surface area contributed by atoms with Crippen LogP contribution < -0.4 is 0 Å². The highest BCUT2D eigenvalue weighted by Crippen LogP contribution is 2.74. The normalized spacial score (nSPS) is 45.7. The van der Waals surface area contributed by atoms with Gasteiger partial charge in [-0.1, -0.05) is 0 Å². The molecule has 0 saturated heterocycles. The van der Waals surface area contributed by atoms with Crippen molar-refractivity contribution in [2.45, 2.75) is 38.5 Å². The van der Waals surface area contributed by atoms with Crippen molar-refractivity contribution >= 4 is 29.7 Å². The molecule has 0 amide bonds. The average Bonchev–Trinajstić information content (AvgIpc) is 3.65. The van der Waals surface area contributed by atoms with Gasteiger partial charge in [0.25, 0.3) is 0 Å². The van der Waals surface area contributed by atoms with Crippen molar-refractivity contribution in [2.24, 2.45) is 58.2 Å². The number of hydrogen-bond acceptors (Lipinski definition) is 9. The highest BCUT2D eigenvalue weighted by atomic mass is 16.5. The van der Waals surface area contributed by atoms with Gasteiger partial charge < -0.3 is 18.9 Å². The summed E-state index contributed by atoms with van der Waals surface area (Å²) in [4.78, 5) is 65.1. The van der Waals surface area contributed by atoms with Crippen LogP contribution in [0.15, 0.2) is 0 Å². The van der Waals surface area contributed by atoms with Crippen LogP contribution in [-0.2, 0) is 42.9 Å². The molecule has 186 valence electrons. The summed E-state index contributed by atoms with van der Waals surface area (Å²) in [6.07, 6.45) is 3.56. The summed E-state index contributed by atoms with van der Waals surface area (Å²) in [5.41, 5.74) is -1.42. The van der Waals surface area contributed by atoms with Gasteiger partial charge in [-0.15, -0.1) is 0 Å². The molecule has 5 fully saturated rings. The first-order chi connectivity index (χ1) is 16.2. The first-order valence-electron chi connectivity index (χ1n) is 12.1. The van der Waals surface area contributed by atoms with Gasteiger partial charge in [-0.05, 0) is 62.2 Å². The second kappa shape index (κ2) is 7.78. The Labute approximate surface area is 198 Å². The molecule has 0 aromatic carbocycles. The van der Waals surface area contributed by atoms with Crippen LogP contribution in [0.2, 0.25) is 0 Å². The summed E-state index contributed by atoms with van der Waals surface area (Å²) in [5, 5.41) is 0. The second-order valence-corrected chi connectivity index (χ2v) is 10.9. The van der Waals surface area contributed by atoms with E-state index in [1.54, 1.807) is 0 Å². The highest BCUT2D eigenvalue weighted by molar-refractivity contribution is 5.97. The van der Waals surface area contributed by atoms with Crippen molar-refractivity contribution in [3.8, 4) is 0 Å². The van der Waals surface area contributed by atoms with Crippen molar-refractivity contribution in [3.05, 3.63) is 0 Å². The van der Waals surface area contributed by atoms with E-state index in [0.717, 1.165) is 0 Å². The lowest BCUT2D eigenvalue weighted by Crippen LogP contribution is -2.51. The van der Waals surface area contributed by atoms with Gasteiger partial charge in [0.15, 0.2) is 0 Å². The standard InChI is InChI=1S/C25H32O9/c1-31-19(26)15-11-7-13(17(15)21(28)33-3)24(9-11)5-6-25(23(24)30)10-12-8-14(25)18(22(29)34-4)16(12)20(27)32-2/h11-18H,5-10H2,1-4H3. The molecule has 34 heavy (non-hydrogen) atoms.